The van der Waals surface area contributed by atoms with Gasteiger partial charge in [0.2, 0.25) is 0 Å². The number of esters is 1. The zero-order valence-electron chi connectivity index (χ0n) is 16.6. The summed E-state index contributed by atoms with van der Waals surface area (Å²) in [6, 6.07) is 0. The SMILES string of the molecule is C=CC(=O)OCCCCCC(F)(F)C(F)(F)C(F)(F)C(F)(F)C(F)(F)C(F)(F)C(F)(F)C(F)(F)F. The van der Waals surface area contributed by atoms with E-state index in [0.29, 0.717) is 6.08 Å². The molecule has 0 saturated carbocycles. The van der Waals surface area contributed by atoms with Crippen molar-refractivity contribution in [1.29, 1.82) is 0 Å². The van der Waals surface area contributed by atoms with E-state index in [4.69, 9.17) is 0 Å². The second-order valence-electron chi connectivity index (χ2n) is 6.83. The molecular weight excluding hydrogens is 547 g/mol. The van der Waals surface area contributed by atoms with E-state index in [-0.39, 0.29) is 0 Å². The second kappa shape index (κ2) is 9.82. The molecule has 0 saturated heterocycles. The number of rotatable bonds is 13. The van der Waals surface area contributed by atoms with Crippen LogP contribution < -0.4 is 0 Å². The normalized spacial score (nSPS) is 15.2. The Balaban J connectivity index is 5.96. The minimum atomic E-state index is -8.63. The molecule has 0 N–H and O–H groups in total. The van der Waals surface area contributed by atoms with Crippen LogP contribution in [0.25, 0.3) is 0 Å². The lowest BCUT2D eigenvalue weighted by molar-refractivity contribution is -0.461. The lowest BCUT2D eigenvalue weighted by Gasteiger charge is -2.42. The van der Waals surface area contributed by atoms with Gasteiger partial charge in [0, 0.05) is 12.5 Å². The van der Waals surface area contributed by atoms with Crippen molar-refractivity contribution in [3.8, 4) is 0 Å². The molecule has 0 heterocycles. The van der Waals surface area contributed by atoms with Gasteiger partial charge in [-0.15, -0.1) is 0 Å². The molecule has 0 unspecified atom stereocenters. The molecule has 0 aromatic rings. The standard InChI is InChI=1S/C16H13F17O2/c1-2-8(34)35-7-5-3-4-6-9(17,18)10(19,20)11(21,22)12(23,24)13(25,26)14(27,28)15(29,30)16(31,32)33/h2H,1,3-7H2. The smallest absolute Gasteiger partial charge is 0.460 e. The summed E-state index contributed by atoms with van der Waals surface area (Å²) < 4.78 is 227. The third-order valence-corrected chi connectivity index (χ3v) is 4.33. The van der Waals surface area contributed by atoms with Crippen LogP contribution in [0.1, 0.15) is 25.7 Å². The van der Waals surface area contributed by atoms with Gasteiger partial charge in [-0.05, 0) is 19.3 Å². The predicted octanol–water partition coefficient (Wildman–Crippen LogP) is 7.29. The van der Waals surface area contributed by atoms with Gasteiger partial charge in [0.25, 0.3) is 0 Å². The highest BCUT2D eigenvalue weighted by Gasteiger charge is 2.95. The Kier molecular flexibility index (Phi) is 9.26. The highest BCUT2D eigenvalue weighted by molar-refractivity contribution is 5.81. The van der Waals surface area contributed by atoms with Crippen molar-refractivity contribution in [3.05, 3.63) is 12.7 Å². The Bertz CT molecular complexity index is 754. The lowest BCUT2D eigenvalue weighted by atomic mass is 9.88. The van der Waals surface area contributed by atoms with Gasteiger partial charge in [0.1, 0.15) is 0 Å². The maximum atomic E-state index is 13.6. The zero-order chi connectivity index (χ0) is 28.5. The molecule has 0 fully saturated rings. The first kappa shape index (κ1) is 33.0. The Hall–Kier alpha value is -1.98. The zero-order valence-corrected chi connectivity index (χ0v) is 16.6. The van der Waals surface area contributed by atoms with Crippen molar-refractivity contribution in [1.82, 2.24) is 0 Å². The fraction of sp³-hybridized carbons (Fsp3) is 0.812. The first-order valence-electron chi connectivity index (χ1n) is 8.71. The molecule has 0 atom stereocenters. The molecule has 19 heteroatoms. The van der Waals surface area contributed by atoms with Crippen LogP contribution in [0.3, 0.4) is 0 Å². The van der Waals surface area contributed by atoms with Gasteiger partial charge in [-0.3, -0.25) is 0 Å². The van der Waals surface area contributed by atoms with E-state index in [1.54, 1.807) is 0 Å². The quantitative estimate of drug-likeness (QED) is 0.102. The molecule has 0 spiro atoms. The molecule has 2 nitrogen and oxygen atoms in total. The first-order chi connectivity index (χ1) is 15.2. The van der Waals surface area contributed by atoms with E-state index < -0.39 is 85.9 Å². The van der Waals surface area contributed by atoms with Crippen LogP contribution in [-0.4, -0.2) is 60.2 Å². The highest BCUT2D eigenvalue weighted by atomic mass is 19.4. The van der Waals surface area contributed by atoms with Gasteiger partial charge in [-0.25, -0.2) is 4.79 Å². The van der Waals surface area contributed by atoms with Crippen molar-refractivity contribution >= 4 is 5.97 Å². The predicted molar refractivity (Wildman–Crippen MR) is 80.3 cm³/mol. The Labute approximate surface area is 184 Å². The fourth-order valence-corrected chi connectivity index (χ4v) is 2.21. The number of hydrogen-bond acceptors (Lipinski definition) is 2. The molecule has 0 rings (SSSR count). The van der Waals surface area contributed by atoms with Crippen molar-refractivity contribution in [2.24, 2.45) is 0 Å². The summed E-state index contributed by atoms with van der Waals surface area (Å²) >= 11 is 0. The number of carbonyl (C=O) groups excluding carboxylic acids is 1. The molecule has 0 aromatic carbocycles. The molecule has 0 aromatic heterocycles. The Morgan fingerprint density at radius 3 is 1.31 bits per heavy atom. The fourth-order valence-electron chi connectivity index (χ4n) is 2.21. The third-order valence-electron chi connectivity index (χ3n) is 4.33. The monoisotopic (exact) mass is 560 g/mol. The summed E-state index contributed by atoms with van der Waals surface area (Å²) in [5.41, 5.74) is 0. The summed E-state index contributed by atoms with van der Waals surface area (Å²) in [7, 11) is 0. The van der Waals surface area contributed by atoms with Gasteiger partial charge < -0.3 is 4.74 Å². The molecule has 35 heavy (non-hydrogen) atoms. The molecule has 208 valence electrons. The number of unbranched alkanes of at least 4 members (excludes halogenated alkanes) is 2. The van der Waals surface area contributed by atoms with Crippen LogP contribution in [0.4, 0.5) is 74.6 Å². The molecular formula is C16H13F17O2. The summed E-state index contributed by atoms with van der Waals surface area (Å²) in [4.78, 5) is 10.7. The van der Waals surface area contributed by atoms with Crippen LogP contribution in [0.15, 0.2) is 12.7 Å². The van der Waals surface area contributed by atoms with Crippen LogP contribution >= 0.6 is 0 Å². The number of alkyl halides is 17. The van der Waals surface area contributed by atoms with Crippen molar-refractivity contribution < 1.29 is 84.2 Å². The number of hydrogen-bond donors (Lipinski definition) is 0. The molecule has 0 aliphatic rings. The molecule has 0 aliphatic heterocycles. The minimum absolute atomic E-state index is 0.412. The minimum Gasteiger partial charge on any atom is -0.463 e. The van der Waals surface area contributed by atoms with Crippen molar-refractivity contribution in [3.63, 3.8) is 0 Å². The summed E-state index contributed by atoms with van der Waals surface area (Å²) in [6.45, 7) is 2.39. The van der Waals surface area contributed by atoms with Gasteiger partial charge in [0.05, 0.1) is 6.61 Å². The van der Waals surface area contributed by atoms with Gasteiger partial charge >= 0.3 is 53.6 Å². The number of halogens is 17. The third kappa shape index (κ3) is 5.41. The van der Waals surface area contributed by atoms with E-state index in [1.807, 2.05) is 0 Å². The van der Waals surface area contributed by atoms with Crippen molar-refractivity contribution in [2.45, 2.75) is 73.3 Å². The van der Waals surface area contributed by atoms with E-state index in [0.717, 1.165) is 0 Å². The average molecular weight is 560 g/mol. The summed E-state index contributed by atoms with van der Waals surface area (Å²) in [5, 5.41) is 0. The molecule has 0 bridgehead atoms. The maximum Gasteiger partial charge on any atom is 0.460 e. The summed E-state index contributed by atoms with van der Waals surface area (Å²) in [5.74, 6) is -57.2. The van der Waals surface area contributed by atoms with Crippen LogP contribution in [0.5, 0.6) is 0 Å². The average Bonchev–Trinajstić information content (AvgIpc) is 2.68. The summed E-state index contributed by atoms with van der Waals surface area (Å²) in [6.07, 6.45) is -12.0. The lowest BCUT2D eigenvalue weighted by Crippen LogP contribution is -2.74. The van der Waals surface area contributed by atoms with E-state index in [1.165, 1.54) is 0 Å². The second-order valence-corrected chi connectivity index (χ2v) is 6.83. The van der Waals surface area contributed by atoms with Gasteiger partial charge in [0.15, 0.2) is 0 Å². The molecule has 0 radical (unpaired) electrons. The van der Waals surface area contributed by atoms with Crippen LogP contribution in [0, 0.1) is 0 Å². The molecule has 0 aliphatic carbocycles. The van der Waals surface area contributed by atoms with Gasteiger partial charge in [-0.2, -0.15) is 74.6 Å². The first-order valence-corrected chi connectivity index (χ1v) is 8.71. The van der Waals surface area contributed by atoms with E-state index in [9.17, 15) is 79.4 Å². The van der Waals surface area contributed by atoms with E-state index in [2.05, 4.69) is 11.3 Å². The van der Waals surface area contributed by atoms with E-state index >= 15 is 0 Å². The Morgan fingerprint density at radius 2 is 0.943 bits per heavy atom. The Morgan fingerprint density at radius 1 is 0.571 bits per heavy atom. The molecule has 0 amide bonds. The van der Waals surface area contributed by atoms with Crippen molar-refractivity contribution in [2.75, 3.05) is 6.61 Å². The van der Waals surface area contributed by atoms with Crippen LogP contribution in [-0.2, 0) is 9.53 Å². The highest BCUT2D eigenvalue weighted by Crippen LogP contribution is 2.64. The van der Waals surface area contributed by atoms with Crippen LogP contribution in [0.2, 0.25) is 0 Å². The number of carbonyl (C=O) groups is 1. The number of ether oxygens (including phenoxy) is 1. The topological polar surface area (TPSA) is 26.3 Å². The largest absolute Gasteiger partial charge is 0.463 e. The van der Waals surface area contributed by atoms with Gasteiger partial charge in [-0.1, -0.05) is 6.58 Å². The maximum absolute atomic E-state index is 13.6.